The molecule has 0 amide bonds. The Kier molecular flexibility index (Phi) is 5.53. The Bertz CT molecular complexity index is 344. The van der Waals surface area contributed by atoms with Gasteiger partial charge in [0.25, 0.3) is 0 Å². The molecule has 1 heterocycles. The lowest BCUT2D eigenvalue weighted by molar-refractivity contribution is -0.207. The summed E-state index contributed by atoms with van der Waals surface area (Å²) < 4.78 is 35.9. The van der Waals surface area contributed by atoms with Crippen molar-refractivity contribution in [3.63, 3.8) is 0 Å². The predicted octanol–water partition coefficient (Wildman–Crippen LogP) is 3.06. The molecule has 0 bridgehead atoms. The molecule has 1 aromatic heterocycles. The fourth-order valence-corrected chi connectivity index (χ4v) is 0.922. The number of hydrogen-bond donors (Lipinski definition) is 2. The summed E-state index contributed by atoms with van der Waals surface area (Å²) in [6, 6.07) is 1.78. The number of nitrogens with zero attached hydrogens (tertiary/aromatic N) is 1. The number of aliphatic hydroxyl groups is 1. The minimum Gasteiger partial charge on any atom is -0.505 e. The Hall–Kier alpha value is -1.01. The molecule has 0 aliphatic heterocycles. The molecule has 0 fully saturated rings. The van der Waals surface area contributed by atoms with E-state index in [1.807, 2.05) is 13.8 Å². The number of aromatic nitrogens is 1. The van der Waals surface area contributed by atoms with Crippen molar-refractivity contribution in [3.8, 4) is 5.75 Å². The molecule has 0 radical (unpaired) electrons. The van der Waals surface area contributed by atoms with Crippen LogP contribution >= 0.6 is 11.6 Å². The van der Waals surface area contributed by atoms with Gasteiger partial charge in [0.05, 0.1) is 5.69 Å². The van der Waals surface area contributed by atoms with Crippen LogP contribution in [0.1, 0.15) is 25.6 Å². The van der Waals surface area contributed by atoms with Crippen LogP contribution in [0, 0.1) is 0 Å². The summed E-state index contributed by atoms with van der Waals surface area (Å²) >= 11 is 5.27. The lowest BCUT2D eigenvalue weighted by Crippen LogP contribution is -2.21. The van der Waals surface area contributed by atoms with Crippen LogP contribution in [0.25, 0.3) is 0 Å². The molecular weight excluding hydrogens is 247 g/mol. The second-order valence-electron chi connectivity index (χ2n) is 2.49. The van der Waals surface area contributed by atoms with E-state index >= 15 is 0 Å². The highest BCUT2D eigenvalue weighted by atomic mass is 35.5. The van der Waals surface area contributed by atoms with Crippen molar-refractivity contribution in [2.45, 2.75) is 26.1 Å². The first-order valence-corrected chi connectivity index (χ1v) is 4.80. The van der Waals surface area contributed by atoms with Gasteiger partial charge in [-0.3, -0.25) is 0 Å². The van der Waals surface area contributed by atoms with Gasteiger partial charge in [0.1, 0.15) is 0 Å². The number of alkyl halides is 3. The second-order valence-corrected chi connectivity index (χ2v) is 2.85. The molecule has 7 heteroatoms. The van der Waals surface area contributed by atoms with Gasteiger partial charge in [-0.2, -0.15) is 13.2 Å². The van der Waals surface area contributed by atoms with Gasteiger partial charge >= 0.3 is 6.18 Å². The average molecular weight is 258 g/mol. The van der Waals surface area contributed by atoms with E-state index in [4.69, 9.17) is 21.8 Å². The van der Waals surface area contributed by atoms with Crippen LogP contribution in [-0.4, -0.2) is 21.4 Å². The van der Waals surface area contributed by atoms with E-state index in [-0.39, 0.29) is 0 Å². The summed E-state index contributed by atoms with van der Waals surface area (Å²) in [6.45, 7) is 4.00. The van der Waals surface area contributed by atoms with Gasteiger partial charge in [0, 0.05) is 0 Å². The molecule has 3 nitrogen and oxygen atoms in total. The molecule has 0 aliphatic carbocycles. The van der Waals surface area contributed by atoms with Crippen molar-refractivity contribution in [2.75, 3.05) is 0 Å². The fourth-order valence-electron chi connectivity index (χ4n) is 0.761. The minimum absolute atomic E-state index is 0.440. The SMILES string of the molecule is CC.Oc1ccc(C(O)C(F)(F)F)nc1Cl. The summed E-state index contributed by atoms with van der Waals surface area (Å²) in [5.74, 6) is -0.440. The van der Waals surface area contributed by atoms with Crippen LogP contribution in [0.3, 0.4) is 0 Å². The van der Waals surface area contributed by atoms with Crippen molar-refractivity contribution in [2.24, 2.45) is 0 Å². The van der Waals surface area contributed by atoms with E-state index in [0.717, 1.165) is 12.1 Å². The molecule has 1 rings (SSSR count). The Morgan fingerprint density at radius 2 is 1.81 bits per heavy atom. The van der Waals surface area contributed by atoms with Gasteiger partial charge in [-0.1, -0.05) is 25.4 Å². The highest BCUT2D eigenvalue weighted by molar-refractivity contribution is 6.30. The molecular formula is C9H11ClF3NO2. The average Bonchev–Trinajstić information content (AvgIpc) is 2.23. The first-order chi connectivity index (χ1) is 7.32. The van der Waals surface area contributed by atoms with Crippen LogP contribution in [0.2, 0.25) is 5.15 Å². The van der Waals surface area contributed by atoms with Crippen molar-refractivity contribution in [1.29, 1.82) is 0 Å². The maximum atomic E-state index is 12.0. The maximum absolute atomic E-state index is 12.0. The standard InChI is InChI=1S/C7H5ClF3NO2.C2H6/c8-6-4(13)2-1-3(12-6)5(14)7(9,10)11;1-2/h1-2,5,13-14H;1-2H3. The zero-order valence-electron chi connectivity index (χ0n) is 8.59. The van der Waals surface area contributed by atoms with Gasteiger partial charge in [-0.25, -0.2) is 4.98 Å². The number of hydrogen-bond acceptors (Lipinski definition) is 3. The first-order valence-electron chi connectivity index (χ1n) is 4.42. The van der Waals surface area contributed by atoms with Crippen molar-refractivity contribution >= 4 is 11.6 Å². The quantitative estimate of drug-likeness (QED) is 0.760. The lowest BCUT2D eigenvalue weighted by atomic mass is 10.2. The Labute approximate surface area is 95.5 Å². The maximum Gasteiger partial charge on any atom is 0.420 e. The van der Waals surface area contributed by atoms with Gasteiger partial charge in [-0.05, 0) is 12.1 Å². The molecule has 1 unspecified atom stereocenters. The molecule has 16 heavy (non-hydrogen) atoms. The highest BCUT2D eigenvalue weighted by Gasteiger charge is 2.40. The monoisotopic (exact) mass is 257 g/mol. The highest BCUT2D eigenvalue weighted by Crippen LogP contribution is 2.33. The van der Waals surface area contributed by atoms with E-state index in [0.29, 0.717) is 0 Å². The number of rotatable bonds is 1. The lowest BCUT2D eigenvalue weighted by Gasteiger charge is -2.13. The summed E-state index contributed by atoms with van der Waals surface area (Å²) in [6.07, 6.45) is -7.49. The van der Waals surface area contributed by atoms with E-state index in [1.54, 1.807) is 0 Å². The molecule has 1 atom stereocenters. The molecule has 1 aromatic rings. The van der Waals surface area contributed by atoms with Crippen molar-refractivity contribution in [3.05, 3.63) is 23.0 Å². The van der Waals surface area contributed by atoms with E-state index in [9.17, 15) is 13.2 Å². The number of aromatic hydroxyl groups is 1. The molecule has 0 saturated carbocycles. The molecule has 0 aromatic carbocycles. The van der Waals surface area contributed by atoms with Crippen LogP contribution < -0.4 is 0 Å². The molecule has 0 spiro atoms. The van der Waals surface area contributed by atoms with E-state index in [1.165, 1.54) is 0 Å². The van der Waals surface area contributed by atoms with E-state index < -0.39 is 28.9 Å². The number of halogens is 4. The molecule has 0 aliphatic rings. The van der Waals surface area contributed by atoms with Crippen LogP contribution in [0.5, 0.6) is 5.75 Å². The molecule has 92 valence electrons. The minimum atomic E-state index is -4.80. The summed E-state index contributed by atoms with van der Waals surface area (Å²) in [5, 5.41) is 17.1. The third-order valence-electron chi connectivity index (χ3n) is 1.44. The topological polar surface area (TPSA) is 53.4 Å². The summed E-state index contributed by atoms with van der Waals surface area (Å²) in [7, 11) is 0. The Morgan fingerprint density at radius 1 is 1.31 bits per heavy atom. The third kappa shape index (κ3) is 3.86. The number of pyridine rings is 1. The fraction of sp³-hybridized carbons (Fsp3) is 0.444. The van der Waals surface area contributed by atoms with Crippen molar-refractivity contribution < 1.29 is 23.4 Å². The summed E-state index contributed by atoms with van der Waals surface area (Å²) in [5.41, 5.74) is -0.652. The predicted molar refractivity (Wildman–Crippen MR) is 53.3 cm³/mol. The van der Waals surface area contributed by atoms with E-state index in [2.05, 4.69) is 4.98 Å². The Morgan fingerprint density at radius 3 is 2.19 bits per heavy atom. The van der Waals surface area contributed by atoms with Crippen molar-refractivity contribution in [1.82, 2.24) is 4.98 Å². The van der Waals surface area contributed by atoms with Gasteiger partial charge < -0.3 is 10.2 Å². The zero-order valence-corrected chi connectivity index (χ0v) is 9.34. The van der Waals surface area contributed by atoms with Crippen LogP contribution in [-0.2, 0) is 0 Å². The van der Waals surface area contributed by atoms with Gasteiger partial charge in [-0.15, -0.1) is 0 Å². The molecule has 0 saturated heterocycles. The third-order valence-corrected chi connectivity index (χ3v) is 1.72. The smallest absolute Gasteiger partial charge is 0.420 e. The summed E-state index contributed by atoms with van der Waals surface area (Å²) in [4.78, 5) is 3.18. The second kappa shape index (κ2) is 5.91. The Balaban J connectivity index is 0.00000106. The zero-order chi connectivity index (χ0) is 12.9. The number of aliphatic hydroxyl groups excluding tert-OH is 1. The first kappa shape index (κ1) is 15.0. The van der Waals surface area contributed by atoms with Gasteiger partial charge in [0.2, 0.25) is 0 Å². The van der Waals surface area contributed by atoms with Crippen LogP contribution in [0.4, 0.5) is 13.2 Å². The van der Waals surface area contributed by atoms with Gasteiger partial charge in [0.15, 0.2) is 17.0 Å². The molecule has 2 N–H and O–H groups in total. The largest absolute Gasteiger partial charge is 0.505 e. The normalized spacial score (nSPS) is 12.7. The van der Waals surface area contributed by atoms with Crippen LogP contribution in [0.15, 0.2) is 12.1 Å².